The Bertz CT molecular complexity index is 689. The smallest absolute Gasteiger partial charge is 0.457 e. The average Bonchev–Trinajstić information content (AvgIpc) is 2.72. The number of hydrogen-bond acceptors (Lipinski definition) is 5. The monoisotopic (exact) mass is 403 g/mol. The van der Waals surface area contributed by atoms with Gasteiger partial charge in [-0.05, 0) is 60.8 Å². The Morgan fingerprint density at radius 3 is 2.79 bits per heavy atom. The molecule has 29 heavy (non-hydrogen) atoms. The highest BCUT2D eigenvalue weighted by molar-refractivity contribution is 5.59. The molecule has 2 bridgehead atoms. The van der Waals surface area contributed by atoms with Gasteiger partial charge in [0.2, 0.25) is 6.79 Å². The van der Waals surface area contributed by atoms with Crippen molar-refractivity contribution in [1.29, 1.82) is 0 Å². The Hall–Kier alpha value is -1.75. The predicted molar refractivity (Wildman–Crippen MR) is 114 cm³/mol. The Balaban J connectivity index is 1.63. The highest BCUT2D eigenvalue weighted by Gasteiger charge is 2.43. The summed E-state index contributed by atoms with van der Waals surface area (Å²) in [6, 6.07) is 6.42. The van der Waals surface area contributed by atoms with Crippen LogP contribution in [0.3, 0.4) is 0 Å². The molecule has 1 aromatic rings. The van der Waals surface area contributed by atoms with Crippen molar-refractivity contribution in [3.8, 4) is 5.75 Å². The number of rotatable bonds is 6. The standard InChI is InChI=1S/C24H37NO4/c1-17(2)11-13-27-23(26)29-16-28-20-10-9-18-14-19-8-6-4-5-7-12-24(3,22(19)25)21(18)15-20/h9-10,15,17,19,22H,4-8,11-14,16,25H2,1-3H3/t19-,22-,24+/m0/s1. The summed E-state index contributed by atoms with van der Waals surface area (Å²) in [5.41, 5.74) is 9.47. The van der Waals surface area contributed by atoms with Gasteiger partial charge >= 0.3 is 6.16 Å². The molecule has 0 radical (unpaired) electrons. The van der Waals surface area contributed by atoms with E-state index in [1.807, 2.05) is 6.07 Å². The first-order valence-electron chi connectivity index (χ1n) is 11.2. The molecule has 0 aromatic heterocycles. The lowest BCUT2D eigenvalue weighted by molar-refractivity contribution is 0.00309. The molecule has 1 saturated carbocycles. The zero-order valence-electron chi connectivity index (χ0n) is 18.2. The molecule has 0 amide bonds. The summed E-state index contributed by atoms with van der Waals surface area (Å²) in [6.07, 6.45) is 8.62. The molecule has 1 aromatic carbocycles. The number of carbonyl (C=O) groups is 1. The second-order valence-electron chi connectivity index (χ2n) is 9.37. The van der Waals surface area contributed by atoms with Crippen LogP contribution in [0.25, 0.3) is 0 Å². The molecule has 5 nitrogen and oxygen atoms in total. The minimum atomic E-state index is -0.684. The quantitative estimate of drug-likeness (QED) is 0.513. The van der Waals surface area contributed by atoms with Crippen molar-refractivity contribution in [2.24, 2.45) is 17.6 Å². The summed E-state index contributed by atoms with van der Waals surface area (Å²) < 4.78 is 15.8. The lowest BCUT2D eigenvalue weighted by Crippen LogP contribution is -2.52. The number of ether oxygens (including phenoxy) is 3. The van der Waals surface area contributed by atoms with E-state index < -0.39 is 6.16 Å². The SMILES string of the molecule is CC(C)CCOC(=O)OCOc1ccc2c(c1)[C@@]1(C)CCCCCC[C@@H](C2)[C@@H]1N. The first-order chi connectivity index (χ1) is 13.9. The van der Waals surface area contributed by atoms with Gasteiger partial charge in [-0.15, -0.1) is 0 Å². The van der Waals surface area contributed by atoms with Gasteiger partial charge in [0.25, 0.3) is 0 Å². The fraction of sp³-hybridized carbons (Fsp3) is 0.708. The molecule has 3 atom stereocenters. The van der Waals surface area contributed by atoms with E-state index in [9.17, 15) is 4.79 Å². The van der Waals surface area contributed by atoms with Crippen LogP contribution in [0.5, 0.6) is 5.75 Å². The van der Waals surface area contributed by atoms with Gasteiger partial charge in [0, 0.05) is 11.5 Å². The zero-order chi connectivity index (χ0) is 20.9. The van der Waals surface area contributed by atoms with Gasteiger partial charge in [-0.25, -0.2) is 4.79 Å². The van der Waals surface area contributed by atoms with Crippen LogP contribution in [0.2, 0.25) is 0 Å². The minimum Gasteiger partial charge on any atom is -0.457 e. The van der Waals surface area contributed by atoms with E-state index in [1.54, 1.807) is 0 Å². The van der Waals surface area contributed by atoms with Crippen LogP contribution in [-0.4, -0.2) is 25.6 Å². The minimum absolute atomic E-state index is 0.0292. The lowest BCUT2D eigenvalue weighted by Gasteiger charge is -2.46. The van der Waals surface area contributed by atoms with E-state index in [2.05, 4.69) is 32.9 Å². The van der Waals surface area contributed by atoms with E-state index in [0.29, 0.717) is 24.2 Å². The first-order valence-corrected chi connectivity index (χ1v) is 11.2. The number of hydrogen-bond donors (Lipinski definition) is 1. The third-order valence-corrected chi connectivity index (χ3v) is 6.76. The largest absolute Gasteiger partial charge is 0.511 e. The van der Waals surface area contributed by atoms with Crippen molar-refractivity contribution < 1.29 is 19.0 Å². The molecule has 1 fully saturated rings. The number of fused-ring (bicyclic) bond motifs is 4. The molecule has 0 unspecified atom stereocenters. The first kappa shape index (κ1) is 21.9. The summed E-state index contributed by atoms with van der Waals surface area (Å²) in [7, 11) is 0. The summed E-state index contributed by atoms with van der Waals surface area (Å²) in [4.78, 5) is 11.6. The van der Waals surface area contributed by atoms with Crippen LogP contribution in [-0.2, 0) is 21.3 Å². The molecule has 2 N–H and O–H groups in total. The van der Waals surface area contributed by atoms with Crippen LogP contribution in [0, 0.1) is 11.8 Å². The van der Waals surface area contributed by atoms with Crippen LogP contribution in [0.1, 0.15) is 76.8 Å². The molecule has 162 valence electrons. The third-order valence-electron chi connectivity index (χ3n) is 6.76. The van der Waals surface area contributed by atoms with Gasteiger partial charge in [-0.1, -0.05) is 52.5 Å². The molecule has 0 saturated heterocycles. The second kappa shape index (κ2) is 9.84. The molecule has 2 aliphatic rings. The van der Waals surface area contributed by atoms with Crippen LogP contribution < -0.4 is 10.5 Å². The van der Waals surface area contributed by atoms with E-state index in [4.69, 9.17) is 19.9 Å². The highest BCUT2D eigenvalue weighted by Crippen LogP contribution is 2.46. The van der Waals surface area contributed by atoms with Crippen LogP contribution in [0.15, 0.2) is 18.2 Å². The second-order valence-corrected chi connectivity index (χ2v) is 9.37. The van der Waals surface area contributed by atoms with E-state index >= 15 is 0 Å². The predicted octanol–water partition coefficient (Wildman–Crippen LogP) is 5.33. The summed E-state index contributed by atoms with van der Waals surface area (Å²) >= 11 is 0. The van der Waals surface area contributed by atoms with Gasteiger partial charge in [-0.2, -0.15) is 0 Å². The van der Waals surface area contributed by atoms with Gasteiger partial charge in [0.05, 0.1) is 6.61 Å². The van der Waals surface area contributed by atoms with Crippen LogP contribution >= 0.6 is 0 Å². The molecule has 2 aliphatic carbocycles. The lowest BCUT2D eigenvalue weighted by atomic mass is 9.61. The van der Waals surface area contributed by atoms with Crippen molar-refractivity contribution >= 4 is 6.16 Å². The maximum Gasteiger partial charge on any atom is 0.511 e. The van der Waals surface area contributed by atoms with Crippen molar-refractivity contribution in [1.82, 2.24) is 0 Å². The fourth-order valence-corrected chi connectivity index (χ4v) is 4.86. The third kappa shape index (κ3) is 5.44. The topological polar surface area (TPSA) is 70.8 Å². The molecule has 5 heteroatoms. The van der Waals surface area contributed by atoms with E-state index in [-0.39, 0.29) is 18.2 Å². The number of nitrogens with two attached hydrogens (primary N) is 1. The number of benzene rings is 1. The molecular weight excluding hydrogens is 366 g/mol. The zero-order valence-corrected chi connectivity index (χ0v) is 18.2. The van der Waals surface area contributed by atoms with E-state index in [1.165, 1.54) is 43.2 Å². The fourth-order valence-electron chi connectivity index (χ4n) is 4.86. The Morgan fingerprint density at radius 2 is 2.00 bits per heavy atom. The normalized spacial score (nSPS) is 26.7. The molecule has 3 rings (SSSR count). The van der Waals surface area contributed by atoms with Gasteiger partial charge in [0.1, 0.15) is 5.75 Å². The molecular formula is C24H37NO4. The van der Waals surface area contributed by atoms with Gasteiger partial charge < -0.3 is 19.9 Å². The van der Waals surface area contributed by atoms with Gasteiger partial charge in [-0.3, -0.25) is 0 Å². The molecule has 0 aliphatic heterocycles. The summed E-state index contributed by atoms with van der Waals surface area (Å²) in [5, 5.41) is 0. The summed E-state index contributed by atoms with van der Waals surface area (Å²) in [5.74, 6) is 1.76. The molecule has 0 heterocycles. The average molecular weight is 404 g/mol. The summed E-state index contributed by atoms with van der Waals surface area (Å²) in [6.45, 7) is 6.71. The maximum atomic E-state index is 11.6. The van der Waals surface area contributed by atoms with Gasteiger partial charge in [0.15, 0.2) is 0 Å². The molecule has 0 spiro atoms. The Kier molecular flexibility index (Phi) is 7.44. The van der Waals surface area contributed by atoms with Crippen molar-refractivity contribution in [2.75, 3.05) is 13.4 Å². The van der Waals surface area contributed by atoms with E-state index in [0.717, 1.165) is 19.3 Å². The van der Waals surface area contributed by atoms with Crippen molar-refractivity contribution in [3.05, 3.63) is 29.3 Å². The van der Waals surface area contributed by atoms with Crippen LogP contribution in [0.4, 0.5) is 4.79 Å². The Morgan fingerprint density at radius 1 is 1.21 bits per heavy atom. The van der Waals surface area contributed by atoms with Crippen molar-refractivity contribution in [2.45, 2.75) is 83.6 Å². The highest BCUT2D eigenvalue weighted by atomic mass is 16.8. The van der Waals surface area contributed by atoms with Crippen molar-refractivity contribution in [3.63, 3.8) is 0 Å². The Labute approximate surface area is 175 Å². The number of carbonyl (C=O) groups excluding carboxylic acids is 1. The maximum absolute atomic E-state index is 11.6.